The van der Waals surface area contributed by atoms with Gasteiger partial charge in [0.2, 0.25) is 5.91 Å². The summed E-state index contributed by atoms with van der Waals surface area (Å²) in [7, 11) is 0. The van der Waals surface area contributed by atoms with Crippen LogP contribution in [0, 0.1) is 0 Å². The number of likely N-dealkylation sites (tertiary alicyclic amines) is 1. The van der Waals surface area contributed by atoms with E-state index in [-0.39, 0.29) is 35.8 Å². The molecule has 0 N–H and O–H groups in total. The van der Waals surface area contributed by atoms with Crippen LogP contribution in [0.4, 0.5) is 0 Å². The van der Waals surface area contributed by atoms with Crippen LogP contribution >= 0.6 is 23.4 Å². The fraction of sp³-hybridized carbons (Fsp3) is 0.409. The first-order valence-electron chi connectivity index (χ1n) is 10.1. The molecule has 1 amide bonds. The third-order valence-electron chi connectivity index (χ3n) is 5.58. The van der Waals surface area contributed by atoms with Crippen LogP contribution in [0.5, 0.6) is 0 Å². The molecular weight excluding hydrogens is 422 g/mol. The maximum atomic E-state index is 13.2. The maximum Gasteiger partial charge on any atom is 0.262 e. The molecule has 1 aliphatic rings. The van der Waals surface area contributed by atoms with Crippen molar-refractivity contribution >= 4 is 40.2 Å². The summed E-state index contributed by atoms with van der Waals surface area (Å²) in [6.45, 7) is 4.45. The molecule has 0 bridgehead atoms. The zero-order chi connectivity index (χ0) is 21.3. The Hall–Kier alpha value is -2.25. The molecule has 0 aliphatic carbocycles. The standard InChI is InChI=1S/C22H24ClN3O3S/c1-14-5-3-6-15(2)26(14)20(27)13-30-22-24-19-11-16(23)8-9-18(19)21(28)25(22)12-17-7-4-10-29-17/h4,7-11,14-15H,3,5-6,12-13H2,1-2H3. The van der Waals surface area contributed by atoms with Gasteiger partial charge in [0.15, 0.2) is 5.16 Å². The van der Waals surface area contributed by atoms with Crippen molar-refractivity contribution in [1.82, 2.24) is 14.5 Å². The lowest BCUT2D eigenvalue weighted by Gasteiger charge is -2.39. The zero-order valence-electron chi connectivity index (χ0n) is 17.0. The highest BCUT2D eigenvalue weighted by Crippen LogP contribution is 2.26. The number of thioether (sulfide) groups is 1. The summed E-state index contributed by atoms with van der Waals surface area (Å²) in [5, 5.41) is 1.48. The van der Waals surface area contributed by atoms with Gasteiger partial charge in [-0.05, 0) is 63.4 Å². The minimum atomic E-state index is -0.178. The lowest BCUT2D eigenvalue weighted by atomic mass is 9.98. The van der Waals surface area contributed by atoms with Crippen LogP contribution in [0.15, 0.2) is 51.0 Å². The molecule has 3 heterocycles. The van der Waals surface area contributed by atoms with Crippen molar-refractivity contribution in [3.63, 3.8) is 0 Å². The Labute approximate surface area is 184 Å². The number of aromatic nitrogens is 2. The number of amides is 1. The second kappa shape index (κ2) is 8.86. The Morgan fingerprint density at radius 1 is 1.27 bits per heavy atom. The van der Waals surface area contributed by atoms with Gasteiger partial charge in [-0.3, -0.25) is 14.2 Å². The number of furan rings is 1. The van der Waals surface area contributed by atoms with Gasteiger partial charge in [-0.15, -0.1) is 0 Å². The van der Waals surface area contributed by atoms with Crippen LogP contribution < -0.4 is 5.56 Å². The fourth-order valence-corrected chi connectivity index (χ4v) is 5.13. The third-order valence-corrected chi connectivity index (χ3v) is 6.78. The van der Waals surface area contributed by atoms with Crippen LogP contribution in [-0.4, -0.2) is 38.2 Å². The summed E-state index contributed by atoms with van der Waals surface area (Å²) in [6, 6.07) is 9.10. The van der Waals surface area contributed by atoms with E-state index >= 15 is 0 Å². The Morgan fingerprint density at radius 2 is 2.03 bits per heavy atom. The van der Waals surface area contributed by atoms with Crippen molar-refractivity contribution in [1.29, 1.82) is 0 Å². The fourth-order valence-electron chi connectivity index (χ4n) is 4.10. The van der Waals surface area contributed by atoms with E-state index in [1.165, 1.54) is 11.8 Å². The first-order valence-corrected chi connectivity index (χ1v) is 11.5. The van der Waals surface area contributed by atoms with E-state index in [0.717, 1.165) is 19.3 Å². The van der Waals surface area contributed by atoms with E-state index in [2.05, 4.69) is 18.8 Å². The van der Waals surface area contributed by atoms with Gasteiger partial charge in [0.1, 0.15) is 5.76 Å². The largest absolute Gasteiger partial charge is 0.467 e. The van der Waals surface area contributed by atoms with Gasteiger partial charge in [0, 0.05) is 17.1 Å². The number of halogens is 1. The molecule has 0 spiro atoms. The number of piperidine rings is 1. The van der Waals surface area contributed by atoms with E-state index < -0.39 is 0 Å². The molecule has 2 aromatic heterocycles. The summed E-state index contributed by atoms with van der Waals surface area (Å²) in [4.78, 5) is 32.8. The van der Waals surface area contributed by atoms with Crippen LogP contribution in [0.25, 0.3) is 10.9 Å². The summed E-state index contributed by atoms with van der Waals surface area (Å²) in [5.74, 6) is 0.953. The molecule has 4 rings (SSSR count). The number of fused-ring (bicyclic) bond motifs is 1. The van der Waals surface area contributed by atoms with Gasteiger partial charge in [-0.2, -0.15) is 0 Å². The predicted octanol–water partition coefficient (Wildman–Crippen LogP) is 4.57. The highest BCUT2D eigenvalue weighted by Gasteiger charge is 2.29. The van der Waals surface area contributed by atoms with Crippen LogP contribution in [0.3, 0.4) is 0 Å². The molecule has 1 aliphatic heterocycles. The summed E-state index contributed by atoms with van der Waals surface area (Å²) in [6.07, 6.45) is 4.77. The highest BCUT2D eigenvalue weighted by molar-refractivity contribution is 7.99. The van der Waals surface area contributed by atoms with Gasteiger partial charge < -0.3 is 9.32 Å². The van der Waals surface area contributed by atoms with Crippen LogP contribution in [-0.2, 0) is 11.3 Å². The van der Waals surface area contributed by atoms with Crippen molar-refractivity contribution in [2.24, 2.45) is 0 Å². The van der Waals surface area contributed by atoms with E-state index in [9.17, 15) is 9.59 Å². The molecule has 1 saturated heterocycles. The monoisotopic (exact) mass is 445 g/mol. The van der Waals surface area contributed by atoms with Crippen molar-refractivity contribution in [2.75, 3.05) is 5.75 Å². The molecular formula is C22H24ClN3O3S. The van der Waals surface area contributed by atoms with Gasteiger partial charge in [-0.25, -0.2) is 4.98 Å². The molecule has 30 heavy (non-hydrogen) atoms. The van der Waals surface area contributed by atoms with Gasteiger partial charge in [0.05, 0.1) is 29.5 Å². The Kier molecular flexibility index (Phi) is 6.20. The quantitative estimate of drug-likeness (QED) is 0.425. The zero-order valence-corrected chi connectivity index (χ0v) is 18.6. The van der Waals surface area contributed by atoms with Gasteiger partial charge in [-0.1, -0.05) is 23.4 Å². The van der Waals surface area contributed by atoms with Gasteiger partial charge >= 0.3 is 0 Å². The van der Waals surface area contributed by atoms with E-state index in [1.54, 1.807) is 35.1 Å². The Bertz CT molecular complexity index is 1100. The lowest BCUT2D eigenvalue weighted by Crippen LogP contribution is -2.48. The Morgan fingerprint density at radius 3 is 2.73 bits per heavy atom. The number of rotatable bonds is 5. The third kappa shape index (κ3) is 4.27. The number of carbonyl (C=O) groups is 1. The minimum absolute atomic E-state index is 0.0738. The number of hydrogen-bond acceptors (Lipinski definition) is 5. The maximum absolute atomic E-state index is 13.2. The molecule has 0 saturated carbocycles. The van der Waals surface area contributed by atoms with Crippen molar-refractivity contribution in [3.8, 4) is 0 Å². The van der Waals surface area contributed by atoms with Gasteiger partial charge in [0.25, 0.3) is 5.56 Å². The summed E-state index contributed by atoms with van der Waals surface area (Å²) < 4.78 is 7.00. The normalized spacial score (nSPS) is 19.4. The molecule has 1 fully saturated rings. The predicted molar refractivity (Wildman–Crippen MR) is 119 cm³/mol. The Balaban J connectivity index is 1.66. The number of carbonyl (C=O) groups excluding carboxylic acids is 1. The summed E-state index contributed by atoms with van der Waals surface area (Å²) >= 11 is 7.39. The number of benzene rings is 1. The SMILES string of the molecule is CC1CCCC(C)N1C(=O)CSc1nc2cc(Cl)ccc2c(=O)n1Cc1ccco1. The van der Waals surface area contributed by atoms with Crippen LogP contribution in [0.2, 0.25) is 5.02 Å². The molecule has 6 nitrogen and oxygen atoms in total. The second-order valence-corrected chi connectivity index (χ2v) is 9.12. The average Bonchev–Trinajstić information content (AvgIpc) is 3.22. The first-order chi connectivity index (χ1) is 14.4. The minimum Gasteiger partial charge on any atom is -0.467 e. The average molecular weight is 446 g/mol. The van der Waals surface area contributed by atoms with Crippen molar-refractivity contribution < 1.29 is 9.21 Å². The lowest BCUT2D eigenvalue weighted by molar-refractivity contribution is -0.134. The number of nitrogens with zero attached hydrogens (tertiary/aromatic N) is 3. The topological polar surface area (TPSA) is 68.3 Å². The molecule has 8 heteroatoms. The van der Waals surface area contributed by atoms with E-state index in [0.29, 0.717) is 26.8 Å². The first kappa shape index (κ1) is 21.0. The molecule has 158 valence electrons. The van der Waals surface area contributed by atoms with Crippen LogP contribution in [0.1, 0.15) is 38.9 Å². The molecule has 2 unspecified atom stereocenters. The second-order valence-electron chi connectivity index (χ2n) is 7.75. The number of hydrogen-bond donors (Lipinski definition) is 0. The molecule has 1 aromatic carbocycles. The summed E-state index contributed by atoms with van der Waals surface area (Å²) in [5.41, 5.74) is 0.348. The smallest absolute Gasteiger partial charge is 0.262 e. The molecule has 2 atom stereocenters. The van der Waals surface area contributed by atoms with E-state index in [1.807, 2.05) is 11.0 Å². The highest BCUT2D eigenvalue weighted by atomic mass is 35.5. The van der Waals surface area contributed by atoms with Crippen molar-refractivity contribution in [2.45, 2.75) is 56.9 Å². The molecule has 0 radical (unpaired) electrons. The van der Waals surface area contributed by atoms with Crippen molar-refractivity contribution in [3.05, 3.63) is 57.7 Å². The molecule has 3 aromatic rings. The van der Waals surface area contributed by atoms with E-state index in [4.69, 9.17) is 16.0 Å².